The number of aliphatic hydroxyl groups excluding tert-OH is 1. The second kappa shape index (κ2) is 7.14. The van der Waals surface area contributed by atoms with Gasteiger partial charge in [-0.3, -0.25) is 4.79 Å². The smallest absolute Gasteiger partial charge is 0.161 e. The summed E-state index contributed by atoms with van der Waals surface area (Å²) in [6.07, 6.45) is 0.812. The van der Waals surface area contributed by atoms with Gasteiger partial charge in [0.25, 0.3) is 0 Å². The third kappa shape index (κ3) is 5.87. The van der Waals surface area contributed by atoms with Crippen molar-refractivity contribution in [3.8, 4) is 0 Å². The first-order valence-corrected chi connectivity index (χ1v) is 3.96. The van der Waals surface area contributed by atoms with Crippen LogP contribution in [0.5, 0.6) is 0 Å². The number of hydrogen-bond donors (Lipinski definition) is 1. The van der Waals surface area contributed by atoms with Crippen LogP contribution >= 0.6 is 0 Å². The van der Waals surface area contributed by atoms with Gasteiger partial charge < -0.3 is 9.84 Å². The summed E-state index contributed by atoms with van der Waals surface area (Å²) in [4.78, 5) is 11.1. The minimum atomic E-state index is -0.410. The largest absolute Gasteiger partial charge is 0.509 e. The summed E-state index contributed by atoms with van der Waals surface area (Å²) in [6.45, 7) is 5.24. The number of aliphatic hydroxyl groups is 1. The van der Waals surface area contributed by atoms with Crippen molar-refractivity contribution in [2.45, 2.75) is 26.9 Å². The number of methoxy groups -OCH3 is 1. The Labute approximate surface area is 89.9 Å². The molecule has 0 aromatic rings. The molecule has 0 rings (SSSR count). The molecule has 0 bridgehead atoms. The van der Waals surface area contributed by atoms with Crippen molar-refractivity contribution in [1.29, 1.82) is 0 Å². The minimum absolute atomic E-state index is 0. The topological polar surface area (TPSA) is 46.5 Å². The van der Waals surface area contributed by atoms with Gasteiger partial charge in [0.2, 0.25) is 0 Å². The quantitative estimate of drug-likeness (QED) is 0.583. The van der Waals surface area contributed by atoms with E-state index < -0.39 is 6.10 Å². The standard InChI is InChI=1S/C9H16O3.Cr/c1-6(2)8(10)5-9(11)7(3)12-4;/h5-7,11H,1-4H3;/b9-5-;. The summed E-state index contributed by atoms with van der Waals surface area (Å²) < 4.78 is 4.82. The van der Waals surface area contributed by atoms with E-state index in [0.717, 1.165) is 0 Å². The van der Waals surface area contributed by atoms with E-state index >= 15 is 0 Å². The van der Waals surface area contributed by atoms with Gasteiger partial charge >= 0.3 is 0 Å². The van der Waals surface area contributed by atoms with E-state index in [1.807, 2.05) is 0 Å². The van der Waals surface area contributed by atoms with Crippen LogP contribution in [0, 0.1) is 5.92 Å². The monoisotopic (exact) mass is 224 g/mol. The van der Waals surface area contributed by atoms with Crippen LogP contribution in [-0.4, -0.2) is 24.1 Å². The van der Waals surface area contributed by atoms with E-state index in [0.29, 0.717) is 0 Å². The molecule has 0 aliphatic carbocycles. The van der Waals surface area contributed by atoms with Crippen molar-refractivity contribution in [2.75, 3.05) is 7.11 Å². The van der Waals surface area contributed by atoms with Crippen LogP contribution in [0.1, 0.15) is 20.8 Å². The average Bonchev–Trinajstić information content (AvgIpc) is 2.02. The summed E-state index contributed by atoms with van der Waals surface area (Å²) in [5, 5.41) is 9.25. The van der Waals surface area contributed by atoms with E-state index in [1.165, 1.54) is 13.2 Å². The van der Waals surface area contributed by atoms with Gasteiger partial charge in [0.15, 0.2) is 5.78 Å². The number of rotatable bonds is 4. The van der Waals surface area contributed by atoms with Gasteiger partial charge in [-0.05, 0) is 6.92 Å². The molecular weight excluding hydrogens is 208 g/mol. The Morgan fingerprint density at radius 3 is 2.15 bits per heavy atom. The fourth-order valence-corrected chi connectivity index (χ4v) is 0.551. The molecule has 0 saturated carbocycles. The average molecular weight is 224 g/mol. The van der Waals surface area contributed by atoms with E-state index in [2.05, 4.69) is 0 Å². The fourth-order valence-electron chi connectivity index (χ4n) is 0.551. The molecule has 3 nitrogen and oxygen atoms in total. The maximum Gasteiger partial charge on any atom is 0.161 e. The molecule has 0 aromatic heterocycles. The van der Waals surface area contributed by atoms with E-state index in [1.54, 1.807) is 20.8 Å². The van der Waals surface area contributed by atoms with E-state index in [-0.39, 0.29) is 34.8 Å². The first-order valence-electron chi connectivity index (χ1n) is 3.96. The SMILES string of the molecule is COC(C)/C(O)=C/C(=O)C(C)C.[Cr]. The molecule has 0 heterocycles. The number of hydrogen-bond acceptors (Lipinski definition) is 3. The van der Waals surface area contributed by atoms with Crippen molar-refractivity contribution in [3.63, 3.8) is 0 Å². The van der Waals surface area contributed by atoms with Crippen LogP contribution in [0.15, 0.2) is 11.8 Å². The first kappa shape index (κ1) is 15.2. The van der Waals surface area contributed by atoms with Crippen LogP contribution in [0.4, 0.5) is 0 Å². The van der Waals surface area contributed by atoms with Crippen molar-refractivity contribution in [2.24, 2.45) is 5.92 Å². The number of carbonyl (C=O) groups is 1. The number of ether oxygens (including phenoxy) is 1. The van der Waals surface area contributed by atoms with Gasteiger partial charge in [-0.1, -0.05) is 13.8 Å². The molecule has 0 fully saturated rings. The normalized spacial score (nSPS) is 13.8. The van der Waals surface area contributed by atoms with Gasteiger partial charge in [0, 0.05) is 36.5 Å². The second-order valence-corrected chi connectivity index (χ2v) is 3.00. The maximum atomic E-state index is 11.1. The number of carbonyl (C=O) groups excluding carboxylic acids is 1. The number of ketones is 1. The van der Waals surface area contributed by atoms with Crippen LogP contribution < -0.4 is 0 Å². The summed E-state index contributed by atoms with van der Waals surface area (Å²) >= 11 is 0. The molecule has 76 valence electrons. The van der Waals surface area contributed by atoms with Crippen LogP contribution in [0.3, 0.4) is 0 Å². The predicted molar refractivity (Wildman–Crippen MR) is 47.0 cm³/mol. The molecule has 0 aliphatic heterocycles. The second-order valence-electron chi connectivity index (χ2n) is 3.00. The van der Waals surface area contributed by atoms with Crippen LogP contribution in [0.25, 0.3) is 0 Å². The van der Waals surface area contributed by atoms with E-state index in [4.69, 9.17) is 4.74 Å². The summed E-state index contributed by atoms with van der Waals surface area (Å²) in [6, 6.07) is 0. The van der Waals surface area contributed by atoms with Gasteiger partial charge in [0.1, 0.15) is 11.9 Å². The van der Waals surface area contributed by atoms with Gasteiger partial charge in [0.05, 0.1) is 0 Å². The molecule has 0 spiro atoms. The summed E-state index contributed by atoms with van der Waals surface area (Å²) in [5.74, 6) is -0.191. The molecular formula is C9H16CrO3. The third-order valence-electron chi connectivity index (χ3n) is 1.63. The molecule has 0 aliphatic rings. The Bertz CT molecular complexity index is 187. The Balaban J connectivity index is 0. The first-order chi connectivity index (χ1) is 5.49. The third-order valence-corrected chi connectivity index (χ3v) is 1.63. The molecule has 1 atom stereocenters. The molecule has 0 amide bonds. The van der Waals surface area contributed by atoms with Gasteiger partial charge in [-0.15, -0.1) is 0 Å². The summed E-state index contributed by atoms with van der Waals surface area (Å²) in [5.41, 5.74) is 0. The van der Waals surface area contributed by atoms with Crippen molar-refractivity contribution in [3.05, 3.63) is 11.8 Å². The predicted octanol–water partition coefficient (Wildman–Crippen LogP) is 1.69. The van der Waals surface area contributed by atoms with Crippen molar-refractivity contribution < 1.29 is 32.0 Å². The van der Waals surface area contributed by atoms with Crippen LogP contribution in [-0.2, 0) is 26.9 Å². The Morgan fingerprint density at radius 2 is 1.85 bits per heavy atom. The Morgan fingerprint density at radius 1 is 1.38 bits per heavy atom. The fraction of sp³-hybridized carbons (Fsp3) is 0.667. The summed E-state index contributed by atoms with van der Waals surface area (Å²) in [7, 11) is 1.48. The molecule has 13 heavy (non-hydrogen) atoms. The zero-order valence-electron chi connectivity index (χ0n) is 8.40. The van der Waals surface area contributed by atoms with E-state index in [9.17, 15) is 9.90 Å². The maximum absolute atomic E-state index is 11.1. The molecule has 0 aromatic carbocycles. The Kier molecular flexibility index (Phi) is 8.34. The van der Waals surface area contributed by atoms with Crippen LogP contribution in [0.2, 0.25) is 0 Å². The molecule has 1 N–H and O–H groups in total. The zero-order valence-corrected chi connectivity index (χ0v) is 9.68. The molecule has 0 saturated heterocycles. The zero-order chi connectivity index (χ0) is 9.72. The van der Waals surface area contributed by atoms with Gasteiger partial charge in [-0.25, -0.2) is 0 Å². The molecule has 0 radical (unpaired) electrons. The van der Waals surface area contributed by atoms with Crippen molar-refractivity contribution in [1.82, 2.24) is 0 Å². The molecule has 4 heteroatoms. The Hall–Kier alpha value is -0.298. The van der Waals surface area contributed by atoms with Crippen molar-refractivity contribution >= 4 is 5.78 Å². The minimum Gasteiger partial charge on any atom is -0.509 e. The number of allylic oxidation sites excluding steroid dienone is 1. The van der Waals surface area contributed by atoms with Gasteiger partial charge in [-0.2, -0.15) is 0 Å². The molecule has 1 unspecified atom stereocenters.